The standard InChI is InChI=1S/C11H16N2O3/c1-8-9(12-7-16-8)5-13-4-3-11(2,6-13)10(14)15/h7H,3-6H2,1-2H3,(H,14,15). The summed E-state index contributed by atoms with van der Waals surface area (Å²) in [6, 6.07) is 0. The maximum absolute atomic E-state index is 11.1. The number of hydrogen-bond donors (Lipinski definition) is 1. The first-order chi connectivity index (χ1) is 7.51. The molecule has 5 nitrogen and oxygen atoms in total. The predicted molar refractivity (Wildman–Crippen MR) is 56.9 cm³/mol. The third-order valence-electron chi connectivity index (χ3n) is 3.29. The predicted octanol–water partition coefficient (Wildman–Crippen LogP) is 1.28. The fourth-order valence-electron chi connectivity index (χ4n) is 2.06. The maximum atomic E-state index is 11.1. The smallest absolute Gasteiger partial charge is 0.310 e. The van der Waals surface area contributed by atoms with E-state index < -0.39 is 11.4 Å². The van der Waals surface area contributed by atoms with Crippen LogP contribution in [-0.2, 0) is 11.3 Å². The molecular formula is C11H16N2O3. The molecule has 2 rings (SSSR count). The van der Waals surface area contributed by atoms with Gasteiger partial charge in [-0.15, -0.1) is 0 Å². The molecule has 1 saturated heterocycles. The van der Waals surface area contributed by atoms with E-state index in [0.717, 1.165) is 18.0 Å². The van der Waals surface area contributed by atoms with Crippen LogP contribution in [0.1, 0.15) is 24.8 Å². The Bertz CT molecular complexity index is 402. The Balaban J connectivity index is 2.00. The third kappa shape index (κ3) is 1.95. The monoisotopic (exact) mass is 224 g/mol. The zero-order valence-electron chi connectivity index (χ0n) is 9.56. The van der Waals surface area contributed by atoms with Crippen molar-refractivity contribution in [2.24, 2.45) is 5.41 Å². The van der Waals surface area contributed by atoms with E-state index in [0.29, 0.717) is 19.5 Å². The van der Waals surface area contributed by atoms with Crippen LogP contribution in [0.15, 0.2) is 10.8 Å². The van der Waals surface area contributed by atoms with E-state index in [2.05, 4.69) is 9.88 Å². The van der Waals surface area contributed by atoms with Crippen LogP contribution in [0.25, 0.3) is 0 Å². The number of carboxylic acid groups (broad SMARTS) is 1. The summed E-state index contributed by atoms with van der Waals surface area (Å²) >= 11 is 0. The van der Waals surface area contributed by atoms with Gasteiger partial charge in [-0.25, -0.2) is 4.98 Å². The van der Waals surface area contributed by atoms with Crippen LogP contribution in [0, 0.1) is 12.3 Å². The number of oxazole rings is 1. The van der Waals surface area contributed by atoms with E-state index in [1.54, 1.807) is 6.92 Å². The lowest BCUT2D eigenvalue weighted by Gasteiger charge is -2.19. The maximum Gasteiger partial charge on any atom is 0.310 e. The fourth-order valence-corrected chi connectivity index (χ4v) is 2.06. The number of carboxylic acids is 1. The number of likely N-dealkylation sites (tertiary alicyclic amines) is 1. The molecule has 0 radical (unpaired) electrons. The summed E-state index contributed by atoms with van der Waals surface area (Å²) in [6.07, 6.45) is 2.12. The fraction of sp³-hybridized carbons (Fsp3) is 0.636. The summed E-state index contributed by atoms with van der Waals surface area (Å²) in [4.78, 5) is 17.3. The van der Waals surface area contributed by atoms with Crippen LogP contribution < -0.4 is 0 Å². The highest BCUT2D eigenvalue weighted by molar-refractivity contribution is 5.74. The molecule has 1 aromatic heterocycles. The summed E-state index contributed by atoms with van der Waals surface area (Å²) in [7, 11) is 0. The van der Waals surface area contributed by atoms with Crippen molar-refractivity contribution in [1.82, 2.24) is 9.88 Å². The zero-order chi connectivity index (χ0) is 11.8. The first-order valence-electron chi connectivity index (χ1n) is 5.36. The molecule has 1 N–H and O–H groups in total. The molecule has 0 spiro atoms. The van der Waals surface area contributed by atoms with Gasteiger partial charge in [0, 0.05) is 13.1 Å². The molecule has 1 aliphatic rings. The molecule has 1 aliphatic heterocycles. The van der Waals surface area contributed by atoms with Gasteiger partial charge in [0.15, 0.2) is 6.39 Å². The molecule has 0 bridgehead atoms. The summed E-state index contributed by atoms with van der Waals surface area (Å²) in [5.41, 5.74) is 0.284. The number of rotatable bonds is 3. The number of aliphatic carboxylic acids is 1. The Kier molecular flexibility index (Phi) is 2.71. The van der Waals surface area contributed by atoms with Crippen molar-refractivity contribution in [2.75, 3.05) is 13.1 Å². The van der Waals surface area contributed by atoms with Gasteiger partial charge in [-0.05, 0) is 26.8 Å². The second-order valence-electron chi connectivity index (χ2n) is 4.68. The van der Waals surface area contributed by atoms with Gasteiger partial charge in [-0.1, -0.05) is 0 Å². The zero-order valence-corrected chi connectivity index (χ0v) is 9.56. The van der Waals surface area contributed by atoms with Crippen molar-refractivity contribution in [3.8, 4) is 0 Å². The van der Waals surface area contributed by atoms with E-state index >= 15 is 0 Å². The number of aromatic nitrogens is 1. The molecule has 16 heavy (non-hydrogen) atoms. The summed E-state index contributed by atoms with van der Waals surface area (Å²) in [6.45, 7) is 5.72. The average Bonchev–Trinajstić information content (AvgIpc) is 2.77. The molecule has 0 aromatic carbocycles. The SMILES string of the molecule is Cc1ocnc1CN1CCC(C)(C(=O)O)C1. The minimum Gasteiger partial charge on any atom is -0.481 e. The molecular weight excluding hydrogens is 208 g/mol. The first-order valence-corrected chi connectivity index (χ1v) is 5.36. The first kappa shape index (κ1) is 11.1. The molecule has 0 aliphatic carbocycles. The lowest BCUT2D eigenvalue weighted by Crippen LogP contribution is -2.31. The molecule has 1 atom stereocenters. The minimum absolute atomic E-state index is 0.578. The lowest BCUT2D eigenvalue weighted by atomic mass is 9.90. The average molecular weight is 224 g/mol. The van der Waals surface area contributed by atoms with Gasteiger partial charge in [0.2, 0.25) is 0 Å². The minimum atomic E-state index is -0.716. The van der Waals surface area contributed by atoms with Gasteiger partial charge >= 0.3 is 5.97 Å². The molecule has 2 heterocycles. The van der Waals surface area contributed by atoms with Gasteiger partial charge in [0.25, 0.3) is 0 Å². The van der Waals surface area contributed by atoms with Gasteiger partial charge in [0.1, 0.15) is 5.76 Å². The van der Waals surface area contributed by atoms with Crippen LogP contribution >= 0.6 is 0 Å². The molecule has 88 valence electrons. The summed E-state index contributed by atoms with van der Waals surface area (Å²) < 4.78 is 5.12. The van der Waals surface area contributed by atoms with Crippen LogP contribution in [0.3, 0.4) is 0 Å². The van der Waals surface area contributed by atoms with Gasteiger partial charge < -0.3 is 9.52 Å². The van der Waals surface area contributed by atoms with Crippen LogP contribution in [0.4, 0.5) is 0 Å². The molecule has 1 unspecified atom stereocenters. The van der Waals surface area contributed by atoms with E-state index in [9.17, 15) is 4.79 Å². The van der Waals surface area contributed by atoms with Crippen LogP contribution in [0.2, 0.25) is 0 Å². The van der Waals surface area contributed by atoms with Gasteiger partial charge in [-0.3, -0.25) is 9.69 Å². The quantitative estimate of drug-likeness (QED) is 0.837. The van der Waals surface area contributed by atoms with Crippen molar-refractivity contribution in [3.05, 3.63) is 17.8 Å². The molecule has 0 amide bonds. The van der Waals surface area contributed by atoms with E-state index in [1.807, 2.05) is 6.92 Å². The van der Waals surface area contributed by atoms with Crippen LogP contribution in [-0.4, -0.2) is 34.0 Å². The van der Waals surface area contributed by atoms with Crippen molar-refractivity contribution in [1.29, 1.82) is 0 Å². The number of hydrogen-bond acceptors (Lipinski definition) is 4. The molecule has 5 heteroatoms. The topological polar surface area (TPSA) is 66.6 Å². The third-order valence-corrected chi connectivity index (χ3v) is 3.29. The van der Waals surface area contributed by atoms with Crippen molar-refractivity contribution < 1.29 is 14.3 Å². The van der Waals surface area contributed by atoms with Gasteiger partial charge in [0.05, 0.1) is 11.1 Å². The largest absolute Gasteiger partial charge is 0.481 e. The van der Waals surface area contributed by atoms with E-state index in [-0.39, 0.29) is 0 Å². The van der Waals surface area contributed by atoms with Crippen molar-refractivity contribution in [3.63, 3.8) is 0 Å². The Hall–Kier alpha value is -1.36. The van der Waals surface area contributed by atoms with Crippen LogP contribution in [0.5, 0.6) is 0 Å². The second kappa shape index (κ2) is 3.90. The highest BCUT2D eigenvalue weighted by Crippen LogP contribution is 2.31. The highest BCUT2D eigenvalue weighted by Gasteiger charge is 2.40. The molecule has 1 fully saturated rings. The highest BCUT2D eigenvalue weighted by atomic mass is 16.4. The van der Waals surface area contributed by atoms with E-state index in [1.165, 1.54) is 6.39 Å². The summed E-state index contributed by atoms with van der Waals surface area (Å²) in [5.74, 6) is 0.0933. The lowest BCUT2D eigenvalue weighted by molar-refractivity contribution is -0.147. The van der Waals surface area contributed by atoms with E-state index in [4.69, 9.17) is 9.52 Å². The number of aryl methyl sites for hydroxylation is 1. The van der Waals surface area contributed by atoms with Crippen molar-refractivity contribution >= 4 is 5.97 Å². The van der Waals surface area contributed by atoms with Gasteiger partial charge in [-0.2, -0.15) is 0 Å². The Morgan fingerprint density at radius 3 is 3.00 bits per heavy atom. The second-order valence-corrected chi connectivity index (χ2v) is 4.68. The van der Waals surface area contributed by atoms with Crippen molar-refractivity contribution in [2.45, 2.75) is 26.8 Å². The Morgan fingerprint density at radius 1 is 1.75 bits per heavy atom. The molecule has 0 saturated carbocycles. The number of nitrogens with zero attached hydrogens (tertiary/aromatic N) is 2. The normalized spacial score (nSPS) is 26.1. The number of carbonyl (C=O) groups is 1. The Morgan fingerprint density at radius 2 is 2.50 bits per heavy atom. The summed E-state index contributed by atoms with van der Waals surface area (Å²) in [5, 5.41) is 9.11. The Labute approximate surface area is 94.1 Å². The molecule has 1 aromatic rings.